The van der Waals surface area contributed by atoms with Gasteiger partial charge >= 0.3 is 6.18 Å². The molecule has 0 saturated carbocycles. The smallest absolute Gasteiger partial charge is 0.414 e. The van der Waals surface area contributed by atoms with Crippen LogP contribution in [0.2, 0.25) is 0 Å². The van der Waals surface area contributed by atoms with E-state index in [4.69, 9.17) is 4.42 Å². The third-order valence-electron chi connectivity index (χ3n) is 4.20. The summed E-state index contributed by atoms with van der Waals surface area (Å²) in [4.78, 5) is 1.93. The van der Waals surface area contributed by atoms with Crippen LogP contribution in [-0.4, -0.2) is 39.3 Å². The molecule has 0 unspecified atom stereocenters. The van der Waals surface area contributed by atoms with Gasteiger partial charge in [0.15, 0.2) is 5.69 Å². The highest BCUT2D eigenvalue weighted by atomic mass is 19.4. The van der Waals surface area contributed by atoms with E-state index in [1.54, 1.807) is 0 Å². The number of rotatable bonds is 4. The van der Waals surface area contributed by atoms with E-state index < -0.39 is 11.7 Å². The van der Waals surface area contributed by atoms with Crippen molar-refractivity contribution in [2.75, 3.05) is 19.0 Å². The molecular formula is C19H15F3N6O. The fourth-order valence-electron chi connectivity index (χ4n) is 2.75. The van der Waals surface area contributed by atoms with E-state index in [-0.39, 0.29) is 23.2 Å². The first-order chi connectivity index (χ1) is 13.8. The zero-order valence-corrected chi connectivity index (χ0v) is 15.4. The topological polar surface area (TPSA) is 72.9 Å². The van der Waals surface area contributed by atoms with Crippen LogP contribution >= 0.6 is 0 Å². The summed E-state index contributed by atoms with van der Waals surface area (Å²) in [6.45, 7) is 0. The van der Waals surface area contributed by atoms with Gasteiger partial charge < -0.3 is 9.32 Å². The van der Waals surface area contributed by atoms with Gasteiger partial charge in [-0.25, -0.2) is 4.68 Å². The highest BCUT2D eigenvalue weighted by molar-refractivity contribution is 5.62. The van der Waals surface area contributed by atoms with Crippen molar-refractivity contribution in [3.8, 4) is 28.7 Å². The van der Waals surface area contributed by atoms with E-state index >= 15 is 0 Å². The van der Waals surface area contributed by atoms with Crippen molar-refractivity contribution in [2.24, 2.45) is 0 Å². The predicted molar refractivity (Wildman–Crippen MR) is 99.4 cm³/mol. The maximum absolute atomic E-state index is 13.2. The van der Waals surface area contributed by atoms with E-state index in [9.17, 15) is 13.2 Å². The van der Waals surface area contributed by atoms with Crippen molar-refractivity contribution in [3.05, 3.63) is 60.3 Å². The molecule has 0 bridgehead atoms. The van der Waals surface area contributed by atoms with Crippen molar-refractivity contribution in [3.63, 3.8) is 0 Å². The van der Waals surface area contributed by atoms with Gasteiger partial charge in [-0.15, -0.1) is 15.3 Å². The molecule has 4 aromatic rings. The number of nitrogens with zero attached hydrogens (tertiary/aromatic N) is 6. The lowest BCUT2D eigenvalue weighted by Gasteiger charge is -2.12. The first kappa shape index (κ1) is 18.7. The molecular weight excluding hydrogens is 385 g/mol. The van der Waals surface area contributed by atoms with E-state index in [2.05, 4.69) is 20.5 Å². The number of aromatic nitrogens is 5. The first-order valence-corrected chi connectivity index (χ1v) is 8.53. The lowest BCUT2D eigenvalue weighted by Crippen LogP contribution is -2.10. The molecule has 0 spiro atoms. The summed E-state index contributed by atoms with van der Waals surface area (Å²) in [6.07, 6.45) is -3.20. The Hall–Kier alpha value is -3.69. The fraction of sp³-hybridized carbons (Fsp3) is 0.158. The summed E-state index contributed by atoms with van der Waals surface area (Å²) in [7, 11) is 3.82. The van der Waals surface area contributed by atoms with Gasteiger partial charge in [-0.05, 0) is 30.3 Å². The van der Waals surface area contributed by atoms with Gasteiger partial charge in [-0.3, -0.25) is 0 Å². The maximum Gasteiger partial charge on any atom is 0.418 e. The van der Waals surface area contributed by atoms with Crippen molar-refractivity contribution in [2.45, 2.75) is 6.18 Å². The van der Waals surface area contributed by atoms with E-state index in [1.165, 1.54) is 24.4 Å². The molecule has 0 aliphatic heterocycles. The zero-order valence-electron chi connectivity index (χ0n) is 15.4. The molecule has 0 aliphatic rings. The molecule has 0 saturated heterocycles. The molecule has 2 aromatic heterocycles. The number of hydrogen-bond acceptors (Lipinski definition) is 6. The molecule has 0 radical (unpaired) electrons. The van der Waals surface area contributed by atoms with Crippen LogP contribution in [0.4, 0.5) is 18.9 Å². The van der Waals surface area contributed by atoms with Gasteiger partial charge in [0, 0.05) is 25.3 Å². The molecule has 2 aromatic carbocycles. The number of para-hydroxylation sites is 1. The van der Waals surface area contributed by atoms with E-state index in [0.717, 1.165) is 16.4 Å². The van der Waals surface area contributed by atoms with Crippen LogP contribution in [0, 0.1) is 0 Å². The highest BCUT2D eigenvalue weighted by Gasteiger charge is 2.34. The van der Waals surface area contributed by atoms with Crippen molar-refractivity contribution in [1.82, 2.24) is 25.2 Å². The van der Waals surface area contributed by atoms with Crippen molar-refractivity contribution >= 4 is 5.69 Å². The summed E-state index contributed by atoms with van der Waals surface area (Å²) in [5.41, 5.74) is 0.881. The van der Waals surface area contributed by atoms with Gasteiger partial charge in [0.2, 0.25) is 5.89 Å². The third-order valence-corrected chi connectivity index (χ3v) is 4.20. The molecule has 0 aliphatic carbocycles. The number of alkyl halides is 3. The van der Waals surface area contributed by atoms with Crippen LogP contribution in [0.1, 0.15) is 5.56 Å². The standard InChI is InChI=1S/C19H15F3N6O/c1-27(2)13-7-5-6-12(10-13)17-24-25-18(29-17)15-11-28(26-23-15)16-9-4-3-8-14(16)19(20,21)22/h3-11H,1-2H3. The minimum Gasteiger partial charge on any atom is -0.414 e. The van der Waals surface area contributed by atoms with Gasteiger partial charge in [0.25, 0.3) is 5.89 Å². The van der Waals surface area contributed by atoms with Crippen molar-refractivity contribution < 1.29 is 17.6 Å². The summed E-state index contributed by atoms with van der Waals surface area (Å²) in [5.74, 6) is 0.333. The summed E-state index contributed by atoms with van der Waals surface area (Å²) >= 11 is 0. The van der Waals surface area contributed by atoms with Crippen LogP contribution in [0.25, 0.3) is 28.7 Å². The molecule has 7 nitrogen and oxygen atoms in total. The Balaban J connectivity index is 1.67. The Labute approximate surface area is 163 Å². The van der Waals surface area contributed by atoms with Crippen LogP contribution in [-0.2, 0) is 6.18 Å². The maximum atomic E-state index is 13.2. The second-order valence-corrected chi connectivity index (χ2v) is 6.42. The SMILES string of the molecule is CN(C)c1cccc(-c2nnc(-c3cn(-c4ccccc4C(F)(F)F)nn3)o2)c1. The zero-order chi connectivity index (χ0) is 20.6. The average Bonchev–Trinajstić information content (AvgIpc) is 3.37. The molecule has 0 amide bonds. The second-order valence-electron chi connectivity index (χ2n) is 6.42. The molecule has 29 heavy (non-hydrogen) atoms. The number of hydrogen-bond donors (Lipinski definition) is 0. The van der Waals surface area contributed by atoms with Crippen LogP contribution in [0.3, 0.4) is 0 Å². The van der Waals surface area contributed by atoms with Crippen LogP contribution < -0.4 is 4.90 Å². The molecule has 10 heteroatoms. The normalized spacial score (nSPS) is 11.6. The fourth-order valence-corrected chi connectivity index (χ4v) is 2.75. The van der Waals surface area contributed by atoms with Gasteiger partial charge in [-0.2, -0.15) is 13.2 Å². The monoisotopic (exact) mass is 400 g/mol. The van der Waals surface area contributed by atoms with Crippen molar-refractivity contribution in [1.29, 1.82) is 0 Å². The molecule has 4 rings (SSSR count). The predicted octanol–water partition coefficient (Wildman–Crippen LogP) is 4.07. The number of benzene rings is 2. The lowest BCUT2D eigenvalue weighted by molar-refractivity contribution is -0.137. The van der Waals surface area contributed by atoms with Gasteiger partial charge in [0.1, 0.15) is 0 Å². The Kier molecular flexibility index (Phi) is 4.53. The van der Waals surface area contributed by atoms with E-state index in [1.807, 2.05) is 43.3 Å². The Morgan fingerprint density at radius 2 is 1.69 bits per heavy atom. The minimum atomic E-state index is -4.52. The summed E-state index contributed by atoms with van der Waals surface area (Å²) < 4.78 is 46.4. The molecule has 0 N–H and O–H groups in total. The second kappa shape index (κ2) is 7.04. The molecule has 0 atom stereocenters. The summed E-state index contributed by atoms with van der Waals surface area (Å²) in [5, 5.41) is 15.6. The Bertz CT molecular complexity index is 1150. The Morgan fingerprint density at radius 3 is 2.45 bits per heavy atom. The van der Waals surface area contributed by atoms with Crippen LogP contribution in [0.5, 0.6) is 0 Å². The first-order valence-electron chi connectivity index (χ1n) is 8.53. The molecule has 2 heterocycles. The van der Waals surface area contributed by atoms with Crippen LogP contribution in [0.15, 0.2) is 59.1 Å². The lowest BCUT2D eigenvalue weighted by atomic mass is 10.1. The Morgan fingerprint density at radius 1 is 0.931 bits per heavy atom. The third kappa shape index (κ3) is 3.68. The molecule has 148 valence electrons. The average molecular weight is 400 g/mol. The largest absolute Gasteiger partial charge is 0.418 e. The van der Waals surface area contributed by atoms with Gasteiger partial charge in [0.05, 0.1) is 17.4 Å². The number of halogens is 3. The molecule has 0 fully saturated rings. The highest BCUT2D eigenvalue weighted by Crippen LogP contribution is 2.34. The van der Waals surface area contributed by atoms with Gasteiger partial charge in [-0.1, -0.05) is 23.4 Å². The van der Waals surface area contributed by atoms with E-state index in [0.29, 0.717) is 5.56 Å². The number of anilines is 1. The minimum absolute atomic E-state index is 0.0611. The summed E-state index contributed by atoms with van der Waals surface area (Å²) in [6, 6.07) is 12.6. The quantitative estimate of drug-likeness (QED) is 0.514.